The summed E-state index contributed by atoms with van der Waals surface area (Å²) in [6.07, 6.45) is 3.24. The minimum atomic E-state index is -0.577. The summed E-state index contributed by atoms with van der Waals surface area (Å²) in [6, 6.07) is 14.7. The van der Waals surface area contributed by atoms with E-state index in [0.717, 1.165) is 24.9 Å². The molecule has 0 unspecified atom stereocenters. The predicted molar refractivity (Wildman–Crippen MR) is 118 cm³/mol. The summed E-state index contributed by atoms with van der Waals surface area (Å²) < 4.78 is 11.0. The molecule has 4 rings (SSSR count). The molecule has 0 bridgehead atoms. The molecule has 0 saturated heterocycles. The third-order valence-corrected chi connectivity index (χ3v) is 5.35. The maximum Gasteiger partial charge on any atom is 0.313 e. The summed E-state index contributed by atoms with van der Waals surface area (Å²) >= 11 is 5.85. The predicted octanol–water partition coefficient (Wildman–Crippen LogP) is 5.79. The zero-order valence-corrected chi connectivity index (χ0v) is 17.4. The van der Waals surface area contributed by atoms with Crippen LogP contribution in [-0.2, 0) is 12.8 Å². The second kappa shape index (κ2) is 8.65. The number of hydrogen-bond donors (Lipinski definition) is 1. The van der Waals surface area contributed by atoms with Crippen molar-refractivity contribution in [1.82, 2.24) is 0 Å². The van der Waals surface area contributed by atoms with Crippen molar-refractivity contribution in [2.75, 3.05) is 12.4 Å². The number of ether oxygens (including phenoxy) is 2. The number of methoxy groups -OCH3 is 1. The Bertz CT molecular complexity index is 1180. The molecule has 0 aromatic heterocycles. The highest BCUT2D eigenvalue weighted by atomic mass is 35.5. The van der Waals surface area contributed by atoms with Crippen molar-refractivity contribution >= 4 is 28.9 Å². The molecule has 1 N–H and O–H groups in total. The first-order chi connectivity index (χ1) is 14.9. The average Bonchev–Trinajstić information content (AvgIpc) is 3.23. The molecule has 0 heterocycles. The molecule has 1 aliphatic rings. The number of aryl methyl sites for hydroxylation is 2. The van der Waals surface area contributed by atoms with Crippen LogP contribution < -0.4 is 14.8 Å². The lowest BCUT2D eigenvalue weighted by molar-refractivity contribution is -0.385. The molecule has 3 aromatic carbocycles. The molecule has 0 radical (unpaired) electrons. The summed E-state index contributed by atoms with van der Waals surface area (Å²) in [5.41, 5.74) is 3.44. The normalized spacial score (nSPS) is 12.2. The van der Waals surface area contributed by atoms with E-state index in [2.05, 4.69) is 11.4 Å². The van der Waals surface area contributed by atoms with E-state index in [1.54, 1.807) is 6.07 Å². The minimum absolute atomic E-state index is 0.0167. The van der Waals surface area contributed by atoms with E-state index in [0.29, 0.717) is 5.56 Å². The Labute approximate surface area is 183 Å². The van der Waals surface area contributed by atoms with Gasteiger partial charge in [-0.2, -0.15) is 0 Å². The molecular formula is C23H19ClN2O5. The summed E-state index contributed by atoms with van der Waals surface area (Å²) in [5, 5.41) is 14.4. The number of rotatable bonds is 6. The Morgan fingerprint density at radius 1 is 1.00 bits per heavy atom. The van der Waals surface area contributed by atoms with Gasteiger partial charge >= 0.3 is 5.69 Å². The molecule has 1 aliphatic carbocycles. The van der Waals surface area contributed by atoms with Crippen molar-refractivity contribution in [1.29, 1.82) is 0 Å². The monoisotopic (exact) mass is 438 g/mol. The molecule has 31 heavy (non-hydrogen) atoms. The van der Waals surface area contributed by atoms with E-state index in [1.165, 1.54) is 48.6 Å². The highest BCUT2D eigenvalue weighted by Crippen LogP contribution is 2.38. The third-order valence-electron chi connectivity index (χ3n) is 5.12. The number of carbonyl (C=O) groups is 1. The van der Waals surface area contributed by atoms with Crippen molar-refractivity contribution in [3.8, 4) is 17.2 Å². The standard InChI is InChI=1S/C23H19ClN2O5/c1-30-22-12-16(23(27)25-18-8-5-14-3-2-4-15(14)11-18)6-9-21(22)31-20-10-7-17(24)13-19(20)26(28)29/h5-13H,2-4H2,1H3,(H,25,27). The van der Waals surface area contributed by atoms with Gasteiger partial charge in [0, 0.05) is 22.3 Å². The zero-order chi connectivity index (χ0) is 22.0. The SMILES string of the molecule is COc1cc(C(=O)Nc2ccc3c(c2)CCC3)ccc1Oc1ccc(Cl)cc1[N+](=O)[O-]. The molecule has 7 nitrogen and oxygen atoms in total. The zero-order valence-electron chi connectivity index (χ0n) is 16.7. The maximum absolute atomic E-state index is 12.7. The molecular weight excluding hydrogens is 420 g/mol. The van der Waals surface area contributed by atoms with E-state index < -0.39 is 4.92 Å². The smallest absolute Gasteiger partial charge is 0.313 e. The Hall–Kier alpha value is -3.58. The molecule has 0 atom stereocenters. The number of benzene rings is 3. The van der Waals surface area contributed by atoms with E-state index in [-0.39, 0.29) is 33.9 Å². The van der Waals surface area contributed by atoms with Crippen molar-refractivity contribution in [2.24, 2.45) is 0 Å². The fourth-order valence-electron chi connectivity index (χ4n) is 3.58. The van der Waals surface area contributed by atoms with Crippen molar-refractivity contribution in [2.45, 2.75) is 19.3 Å². The van der Waals surface area contributed by atoms with Crippen LogP contribution in [0, 0.1) is 10.1 Å². The number of nitro groups is 1. The van der Waals surface area contributed by atoms with E-state index >= 15 is 0 Å². The third kappa shape index (κ3) is 4.46. The van der Waals surface area contributed by atoms with Crippen LogP contribution in [0.5, 0.6) is 17.2 Å². The van der Waals surface area contributed by atoms with Gasteiger partial charge in [-0.25, -0.2) is 0 Å². The van der Waals surface area contributed by atoms with Gasteiger partial charge in [-0.3, -0.25) is 14.9 Å². The highest BCUT2D eigenvalue weighted by Gasteiger charge is 2.19. The Balaban J connectivity index is 1.56. The van der Waals surface area contributed by atoms with Gasteiger partial charge in [-0.05, 0) is 72.9 Å². The number of amides is 1. The van der Waals surface area contributed by atoms with E-state index in [9.17, 15) is 14.9 Å². The van der Waals surface area contributed by atoms with Crippen LogP contribution in [0.2, 0.25) is 5.02 Å². The van der Waals surface area contributed by atoms with Crippen LogP contribution in [-0.4, -0.2) is 17.9 Å². The van der Waals surface area contributed by atoms with Crippen LogP contribution in [0.3, 0.4) is 0 Å². The molecule has 3 aromatic rings. The maximum atomic E-state index is 12.7. The fraction of sp³-hybridized carbons (Fsp3) is 0.174. The second-order valence-corrected chi connectivity index (χ2v) is 7.56. The summed E-state index contributed by atoms with van der Waals surface area (Å²) in [4.78, 5) is 23.4. The van der Waals surface area contributed by atoms with Gasteiger partial charge in [0.2, 0.25) is 5.75 Å². The Kier molecular flexibility index (Phi) is 5.77. The number of carbonyl (C=O) groups excluding carboxylic acids is 1. The molecule has 158 valence electrons. The number of hydrogen-bond acceptors (Lipinski definition) is 5. The van der Waals surface area contributed by atoms with Crippen molar-refractivity contribution < 1.29 is 19.2 Å². The molecule has 0 saturated carbocycles. The van der Waals surface area contributed by atoms with Gasteiger partial charge in [0.15, 0.2) is 11.5 Å². The van der Waals surface area contributed by atoms with E-state index in [1.807, 2.05) is 12.1 Å². The average molecular weight is 439 g/mol. The van der Waals surface area contributed by atoms with Gasteiger partial charge < -0.3 is 14.8 Å². The highest BCUT2D eigenvalue weighted by molar-refractivity contribution is 6.30. The topological polar surface area (TPSA) is 90.7 Å². The Morgan fingerprint density at radius 3 is 2.55 bits per heavy atom. The lowest BCUT2D eigenvalue weighted by Gasteiger charge is -2.13. The quantitative estimate of drug-likeness (QED) is 0.388. The number of nitro benzene ring substituents is 1. The van der Waals surface area contributed by atoms with Crippen molar-refractivity contribution in [3.05, 3.63) is 86.4 Å². The van der Waals surface area contributed by atoms with Gasteiger partial charge in [0.1, 0.15) is 0 Å². The molecule has 8 heteroatoms. The largest absolute Gasteiger partial charge is 0.493 e. The second-order valence-electron chi connectivity index (χ2n) is 7.13. The van der Waals surface area contributed by atoms with Gasteiger partial charge in [0.05, 0.1) is 12.0 Å². The van der Waals surface area contributed by atoms with Gasteiger partial charge in [-0.15, -0.1) is 0 Å². The van der Waals surface area contributed by atoms with Crippen LogP contribution in [0.1, 0.15) is 27.9 Å². The number of anilines is 1. The van der Waals surface area contributed by atoms with Crippen LogP contribution in [0.15, 0.2) is 54.6 Å². The minimum Gasteiger partial charge on any atom is -0.493 e. The molecule has 1 amide bonds. The summed E-state index contributed by atoms with van der Waals surface area (Å²) in [6.45, 7) is 0. The van der Waals surface area contributed by atoms with Crippen molar-refractivity contribution in [3.63, 3.8) is 0 Å². The van der Waals surface area contributed by atoms with Gasteiger partial charge in [0.25, 0.3) is 5.91 Å². The number of nitrogens with zero attached hydrogens (tertiary/aromatic N) is 1. The number of halogens is 1. The first-order valence-corrected chi connectivity index (χ1v) is 10.1. The van der Waals surface area contributed by atoms with Crippen LogP contribution in [0.4, 0.5) is 11.4 Å². The van der Waals surface area contributed by atoms with Crippen LogP contribution in [0.25, 0.3) is 0 Å². The summed E-state index contributed by atoms with van der Waals surface area (Å²) in [5.74, 6) is 0.233. The lowest BCUT2D eigenvalue weighted by Crippen LogP contribution is -2.12. The first kappa shape index (κ1) is 20.7. The number of fused-ring (bicyclic) bond motifs is 1. The summed E-state index contributed by atoms with van der Waals surface area (Å²) in [7, 11) is 1.43. The Morgan fingerprint density at radius 2 is 1.77 bits per heavy atom. The fourth-order valence-corrected chi connectivity index (χ4v) is 3.75. The molecule has 0 fully saturated rings. The lowest BCUT2D eigenvalue weighted by atomic mass is 10.1. The van der Waals surface area contributed by atoms with E-state index in [4.69, 9.17) is 21.1 Å². The van der Waals surface area contributed by atoms with Gasteiger partial charge in [-0.1, -0.05) is 17.7 Å². The van der Waals surface area contributed by atoms with Crippen LogP contribution >= 0.6 is 11.6 Å². The molecule has 0 spiro atoms. The molecule has 0 aliphatic heterocycles. The first-order valence-electron chi connectivity index (χ1n) is 9.67. The number of nitrogens with one attached hydrogen (secondary N) is 1.